The lowest BCUT2D eigenvalue weighted by atomic mass is 10.2. The number of esters is 1. The van der Waals surface area contributed by atoms with Gasteiger partial charge < -0.3 is 9.47 Å². The minimum absolute atomic E-state index is 0.188. The maximum atomic E-state index is 11.3. The Kier molecular flexibility index (Phi) is 4.99. The number of nitrogens with zero attached hydrogens (tertiary/aromatic N) is 1. The third-order valence-electron chi connectivity index (χ3n) is 2.75. The number of ether oxygens (including phenoxy) is 2. The van der Waals surface area contributed by atoms with Gasteiger partial charge in [0.25, 0.3) is 0 Å². The van der Waals surface area contributed by atoms with E-state index in [0.717, 1.165) is 19.8 Å². The number of carbonyl (C=O) groups is 1. The number of carbonyl (C=O) groups excluding carboxylic acids is 1. The zero-order valence-corrected chi connectivity index (χ0v) is 14.2. The second-order valence-electron chi connectivity index (χ2n) is 4.28. The van der Waals surface area contributed by atoms with Crippen molar-refractivity contribution in [2.75, 3.05) is 7.11 Å². The van der Waals surface area contributed by atoms with E-state index in [2.05, 4.69) is 41.6 Å². The summed E-state index contributed by atoms with van der Waals surface area (Å²) in [5.74, 6) is 0.322. The molecule has 6 heteroatoms. The van der Waals surface area contributed by atoms with E-state index in [0.29, 0.717) is 5.75 Å². The topological polar surface area (TPSA) is 48.4 Å². The van der Waals surface area contributed by atoms with Gasteiger partial charge in [0, 0.05) is 16.1 Å². The first-order chi connectivity index (χ1) is 9.52. The summed E-state index contributed by atoms with van der Waals surface area (Å²) in [6.07, 6.45) is 1.59. The predicted molar refractivity (Wildman–Crippen MR) is 83.9 cm³/mol. The Hall–Kier alpha value is -1.14. The van der Waals surface area contributed by atoms with Crippen LogP contribution in [0.4, 0.5) is 0 Å². The molecule has 0 aliphatic heterocycles. The first-order valence-corrected chi connectivity index (χ1v) is 7.57. The van der Waals surface area contributed by atoms with Crippen molar-refractivity contribution >= 4 is 48.7 Å². The number of hydrogen-bond donors (Lipinski definition) is 0. The standard InChI is InChI=1S/C14H13Br2NO3/c1-8(6-12(18)19-2)20-14-11(16)7-10(15)9-4-3-5-17-13(9)14/h3-5,7-8H,6H2,1-2H3. The third-order valence-corrected chi connectivity index (χ3v) is 4.00. The fourth-order valence-corrected chi connectivity index (χ4v) is 3.19. The van der Waals surface area contributed by atoms with Gasteiger partial charge in [-0.1, -0.05) is 22.0 Å². The molecule has 0 fully saturated rings. The lowest BCUT2D eigenvalue weighted by Gasteiger charge is -2.16. The van der Waals surface area contributed by atoms with Crippen LogP contribution in [-0.2, 0) is 9.53 Å². The average Bonchev–Trinajstić information content (AvgIpc) is 2.43. The van der Waals surface area contributed by atoms with Crippen LogP contribution >= 0.6 is 31.9 Å². The van der Waals surface area contributed by atoms with Crippen LogP contribution in [0.3, 0.4) is 0 Å². The summed E-state index contributed by atoms with van der Waals surface area (Å²) >= 11 is 6.97. The molecule has 106 valence electrons. The number of hydrogen-bond acceptors (Lipinski definition) is 4. The molecular formula is C14H13Br2NO3. The molecule has 0 N–H and O–H groups in total. The van der Waals surface area contributed by atoms with Crippen molar-refractivity contribution in [1.82, 2.24) is 4.98 Å². The SMILES string of the molecule is COC(=O)CC(C)Oc1c(Br)cc(Br)c2cccnc12. The maximum Gasteiger partial charge on any atom is 0.309 e. The van der Waals surface area contributed by atoms with E-state index in [1.54, 1.807) is 6.20 Å². The smallest absolute Gasteiger partial charge is 0.309 e. The van der Waals surface area contributed by atoms with Crippen molar-refractivity contribution in [3.05, 3.63) is 33.3 Å². The maximum absolute atomic E-state index is 11.3. The van der Waals surface area contributed by atoms with E-state index in [9.17, 15) is 4.79 Å². The van der Waals surface area contributed by atoms with Crippen molar-refractivity contribution in [3.8, 4) is 5.75 Å². The minimum atomic E-state index is -0.303. The molecule has 1 heterocycles. The summed E-state index contributed by atoms with van der Waals surface area (Å²) in [5, 5.41) is 0.955. The summed E-state index contributed by atoms with van der Waals surface area (Å²) in [4.78, 5) is 15.6. The Morgan fingerprint density at radius 1 is 1.40 bits per heavy atom. The molecule has 0 amide bonds. The van der Waals surface area contributed by atoms with Crippen LogP contribution in [0.15, 0.2) is 33.3 Å². The highest BCUT2D eigenvalue weighted by molar-refractivity contribution is 9.11. The van der Waals surface area contributed by atoms with Gasteiger partial charge in [-0.2, -0.15) is 0 Å². The number of fused-ring (bicyclic) bond motifs is 1. The second kappa shape index (κ2) is 6.54. The van der Waals surface area contributed by atoms with E-state index < -0.39 is 0 Å². The van der Waals surface area contributed by atoms with E-state index >= 15 is 0 Å². The van der Waals surface area contributed by atoms with Gasteiger partial charge in [0.05, 0.1) is 18.0 Å². The van der Waals surface area contributed by atoms with Gasteiger partial charge in [-0.15, -0.1) is 0 Å². The van der Waals surface area contributed by atoms with Crippen LogP contribution in [0.2, 0.25) is 0 Å². The Morgan fingerprint density at radius 2 is 2.15 bits per heavy atom. The van der Waals surface area contributed by atoms with E-state index in [1.807, 2.05) is 25.1 Å². The lowest BCUT2D eigenvalue weighted by Crippen LogP contribution is -2.18. The monoisotopic (exact) mass is 401 g/mol. The van der Waals surface area contributed by atoms with E-state index in [4.69, 9.17) is 4.74 Å². The Balaban J connectivity index is 2.36. The quantitative estimate of drug-likeness (QED) is 0.722. The molecule has 2 rings (SSSR count). The summed E-state index contributed by atoms with van der Waals surface area (Å²) < 4.78 is 12.2. The minimum Gasteiger partial charge on any atom is -0.487 e. The molecule has 1 unspecified atom stereocenters. The van der Waals surface area contributed by atoms with E-state index in [-0.39, 0.29) is 18.5 Å². The number of aromatic nitrogens is 1. The number of rotatable bonds is 4. The lowest BCUT2D eigenvalue weighted by molar-refractivity contribution is -0.142. The zero-order valence-electron chi connectivity index (χ0n) is 11.0. The van der Waals surface area contributed by atoms with Crippen LogP contribution in [0, 0.1) is 0 Å². The average molecular weight is 403 g/mol. The van der Waals surface area contributed by atoms with E-state index in [1.165, 1.54) is 7.11 Å². The van der Waals surface area contributed by atoms with Crippen LogP contribution in [0.25, 0.3) is 10.9 Å². The largest absolute Gasteiger partial charge is 0.487 e. The number of benzene rings is 1. The van der Waals surface area contributed by atoms with Crippen LogP contribution < -0.4 is 4.74 Å². The molecule has 20 heavy (non-hydrogen) atoms. The van der Waals surface area contributed by atoms with Gasteiger partial charge >= 0.3 is 5.97 Å². The predicted octanol–water partition coefficient (Wildman–Crippen LogP) is 4.09. The Bertz CT molecular complexity index is 646. The highest BCUT2D eigenvalue weighted by Gasteiger charge is 2.16. The molecule has 4 nitrogen and oxygen atoms in total. The molecule has 1 aromatic carbocycles. The molecule has 0 aliphatic carbocycles. The van der Waals surface area contributed by atoms with Gasteiger partial charge in [-0.05, 0) is 35.0 Å². The van der Waals surface area contributed by atoms with Gasteiger partial charge in [0.1, 0.15) is 11.6 Å². The summed E-state index contributed by atoms with van der Waals surface area (Å²) in [6, 6.07) is 5.73. The molecule has 0 saturated heterocycles. The molecule has 0 saturated carbocycles. The van der Waals surface area contributed by atoms with Crippen molar-refractivity contribution in [2.24, 2.45) is 0 Å². The van der Waals surface area contributed by atoms with Crippen molar-refractivity contribution < 1.29 is 14.3 Å². The first kappa shape index (κ1) is 15.3. The fourth-order valence-electron chi connectivity index (χ4n) is 1.82. The third kappa shape index (κ3) is 3.30. The van der Waals surface area contributed by atoms with Gasteiger partial charge in [0.2, 0.25) is 0 Å². The van der Waals surface area contributed by atoms with Gasteiger partial charge in [-0.25, -0.2) is 0 Å². The highest BCUT2D eigenvalue weighted by Crippen LogP contribution is 2.37. The molecule has 1 aromatic heterocycles. The molecule has 0 spiro atoms. The summed E-state index contributed by atoms with van der Waals surface area (Å²) in [7, 11) is 1.36. The molecule has 2 aromatic rings. The van der Waals surface area contributed by atoms with Crippen molar-refractivity contribution in [2.45, 2.75) is 19.4 Å². The number of methoxy groups -OCH3 is 1. The van der Waals surface area contributed by atoms with Crippen LogP contribution in [0.1, 0.15) is 13.3 Å². The molecular weight excluding hydrogens is 390 g/mol. The Labute approximate surface area is 133 Å². The van der Waals surface area contributed by atoms with Crippen LogP contribution in [-0.4, -0.2) is 24.2 Å². The number of halogens is 2. The first-order valence-electron chi connectivity index (χ1n) is 5.99. The Morgan fingerprint density at radius 3 is 2.85 bits per heavy atom. The highest BCUT2D eigenvalue weighted by atomic mass is 79.9. The molecule has 0 bridgehead atoms. The van der Waals surface area contributed by atoms with Crippen LogP contribution in [0.5, 0.6) is 5.75 Å². The van der Waals surface area contributed by atoms with Crippen molar-refractivity contribution in [3.63, 3.8) is 0 Å². The fraction of sp³-hybridized carbons (Fsp3) is 0.286. The summed E-state index contributed by atoms with van der Waals surface area (Å²) in [5.41, 5.74) is 0.741. The second-order valence-corrected chi connectivity index (χ2v) is 5.99. The molecule has 0 aliphatic rings. The number of pyridine rings is 1. The summed E-state index contributed by atoms with van der Waals surface area (Å²) in [6.45, 7) is 1.82. The van der Waals surface area contributed by atoms with Gasteiger partial charge in [-0.3, -0.25) is 9.78 Å². The van der Waals surface area contributed by atoms with Gasteiger partial charge in [0.15, 0.2) is 5.75 Å². The zero-order chi connectivity index (χ0) is 14.7. The molecule has 1 atom stereocenters. The van der Waals surface area contributed by atoms with Crippen molar-refractivity contribution in [1.29, 1.82) is 0 Å². The normalized spacial score (nSPS) is 12.2. The molecule has 0 radical (unpaired) electrons.